The first kappa shape index (κ1) is 18.3. The first-order chi connectivity index (χ1) is 11.9. The molecule has 2 aromatic carbocycles. The molecular formula is C18H17ClN4O2. The summed E-state index contributed by atoms with van der Waals surface area (Å²) in [6.07, 6.45) is 0. The van der Waals surface area contributed by atoms with Gasteiger partial charge in [-0.2, -0.15) is 5.26 Å². The fraction of sp³-hybridized carbons (Fsp3) is 0.167. The standard InChI is InChI=1S/C18H17ClN4O2/c1-11-16(4-3-5-17(11)22-12(2)24)21-10-18(25)23-14-7-6-13(9-20)15(19)8-14/h3-8,21H,10H2,1-2H3,(H,22,24)(H,23,25). The van der Waals surface area contributed by atoms with Gasteiger partial charge < -0.3 is 16.0 Å². The number of rotatable bonds is 5. The lowest BCUT2D eigenvalue weighted by molar-refractivity contribution is -0.115. The van der Waals surface area contributed by atoms with Gasteiger partial charge in [0.2, 0.25) is 11.8 Å². The van der Waals surface area contributed by atoms with Crippen LogP contribution in [0.3, 0.4) is 0 Å². The second-order valence-electron chi connectivity index (χ2n) is 5.37. The molecule has 0 radical (unpaired) electrons. The fourth-order valence-corrected chi connectivity index (χ4v) is 2.44. The molecule has 0 saturated carbocycles. The van der Waals surface area contributed by atoms with Crippen molar-refractivity contribution in [2.75, 3.05) is 22.5 Å². The summed E-state index contributed by atoms with van der Waals surface area (Å²) in [6.45, 7) is 3.34. The maximum Gasteiger partial charge on any atom is 0.243 e. The van der Waals surface area contributed by atoms with Gasteiger partial charge in [-0.05, 0) is 42.8 Å². The summed E-state index contributed by atoms with van der Waals surface area (Å²) >= 11 is 5.94. The number of amides is 2. The number of hydrogen-bond donors (Lipinski definition) is 3. The van der Waals surface area contributed by atoms with E-state index < -0.39 is 0 Å². The van der Waals surface area contributed by atoms with E-state index in [4.69, 9.17) is 16.9 Å². The van der Waals surface area contributed by atoms with Crippen molar-refractivity contribution >= 4 is 40.5 Å². The molecule has 3 N–H and O–H groups in total. The second-order valence-corrected chi connectivity index (χ2v) is 5.77. The Morgan fingerprint density at radius 2 is 1.88 bits per heavy atom. The number of halogens is 1. The molecule has 0 aromatic heterocycles. The van der Waals surface area contributed by atoms with Crippen LogP contribution in [-0.4, -0.2) is 18.4 Å². The summed E-state index contributed by atoms with van der Waals surface area (Å²) in [5, 5.41) is 17.6. The third-order valence-electron chi connectivity index (χ3n) is 3.46. The van der Waals surface area contributed by atoms with Crippen molar-refractivity contribution in [2.45, 2.75) is 13.8 Å². The van der Waals surface area contributed by atoms with Crippen LogP contribution in [0.4, 0.5) is 17.1 Å². The average Bonchev–Trinajstić information content (AvgIpc) is 2.55. The van der Waals surface area contributed by atoms with Crippen molar-refractivity contribution < 1.29 is 9.59 Å². The van der Waals surface area contributed by atoms with E-state index in [2.05, 4.69) is 16.0 Å². The number of benzene rings is 2. The first-order valence-corrected chi connectivity index (χ1v) is 7.89. The van der Waals surface area contributed by atoms with Crippen molar-refractivity contribution in [3.8, 4) is 6.07 Å². The molecule has 2 amide bonds. The zero-order valence-corrected chi connectivity index (χ0v) is 14.6. The summed E-state index contributed by atoms with van der Waals surface area (Å²) in [5.74, 6) is -0.416. The number of hydrogen-bond acceptors (Lipinski definition) is 4. The van der Waals surface area contributed by atoms with E-state index >= 15 is 0 Å². The van der Waals surface area contributed by atoms with Crippen LogP contribution in [0.1, 0.15) is 18.1 Å². The summed E-state index contributed by atoms with van der Waals surface area (Å²) < 4.78 is 0. The number of carbonyl (C=O) groups is 2. The smallest absolute Gasteiger partial charge is 0.243 e. The molecule has 7 heteroatoms. The van der Waals surface area contributed by atoms with E-state index in [-0.39, 0.29) is 23.4 Å². The highest BCUT2D eigenvalue weighted by atomic mass is 35.5. The maximum absolute atomic E-state index is 12.1. The third kappa shape index (κ3) is 4.96. The van der Waals surface area contributed by atoms with Crippen molar-refractivity contribution in [1.29, 1.82) is 5.26 Å². The molecule has 0 unspecified atom stereocenters. The summed E-state index contributed by atoms with van der Waals surface area (Å²) in [6, 6.07) is 12.1. The molecule has 25 heavy (non-hydrogen) atoms. The highest BCUT2D eigenvalue weighted by Gasteiger charge is 2.08. The van der Waals surface area contributed by atoms with Crippen LogP contribution in [0.5, 0.6) is 0 Å². The van der Waals surface area contributed by atoms with E-state index in [0.717, 1.165) is 11.3 Å². The van der Waals surface area contributed by atoms with Gasteiger partial charge >= 0.3 is 0 Å². The molecule has 0 aliphatic heterocycles. The number of nitrogens with zero attached hydrogens (tertiary/aromatic N) is 1. The van der Waals surface area contributed by atoms with Crippen LogP contribution in [0, 0.1) is 18.3 Å². The summed E-state index contributed by atoms with van der Waals surface area (Å²) in [5.41, 5.74) is 3.14. The van der Waals surface area contributed by atoms with Crippen LogP contribution in [0.15, 0.2) is 36.4 Å². The first-order valence-electron chi connectivity index (χ1n) is 7.51. The van der Waals surface area contributed by atoms with Gasteiger partial charge in [0.1, 0.15) is 6.07 Å². The van der Waals surface area contributed by atoms with Gasteiger partial charge in [0.05, 0.1) is 17.1 Å². The fourth-order valence-electron chi connectivity index (χ4n) is 2.22. The molecule has 0 bridgehead atoms. The Bertz CT molecular complexity index is 859. The van der Waals surface area contributed by atoms with Crippen LogP contribution >= 0.6 is 11.6 Å². The monoisotopic (exact) mass is 356 g/mol. The molecule has 0 fully saturated rings. The van der Waals surface area contributed by atoms with Crippen LogP contribution in [0.25, 0.3) is 0 Å². The topological polar surface area (TPSA) is 94.0 Å². The van der Waals surface area contributed by atoms with Crippen molar-refractivity contribution in [3.63, 3.8) is 0 Å². The Morgan fingerprint density at radius 3 is 2.52 bits per heavy atom. The summed E-state index contributed by atoms with van der Waals surface area (Å²) in [4.78, 5) is 23.3. The largest absolute Gasteiger partial charge is 0.376 e. The molecular weight excluding hydrogens is 340 g/mol. The molecule has 0 aliphatic rings. The van der Waals surface area contributed by atoms with E-state index in [9.17, 15) is 9.59 Å². The third-order valence-corrected chi connectivity index (χ3v) is 3.77. The number of carbonyl (C=O) groups excluding carboxylic acids is 2. The van der Waals surface area contributed by atoms with Gasteiger partial charge in [-0.3, -0.25) is 9.59 Å². The van der Waals surface area contributed by atoms with E-state index in [1.807, 2.05) is 19.1 Å². The van der Waals surface area contributed by atoms with Gasteiger partial charge in [-0.25, -0.2) is 0 Å². The van der Waals surface area contributed by atoms with Crippen LogP contribution in [-0.2, 0) is 9.59 Å². The van der Waals surface area contributed by atoms with E-state index in [1.165, 1.54) is 13.0 Å². The lowest BCUT2D eigenvalue weighted by atomic mass is 10.1. The lowest BCUT2D eigenvalue weighted by Gasteiger charge is -2.13. The Labute approximate surface area is 150 Å². The minimum absolute atomic E-state index is 0.0436. The highest BCUT2D eigenvalue weighted by Crippen LogP contribution is 2.23. The van der Waals surface area contributed by atoms with Crippen molar-refractivity contribution in [2.24, 2.45) is 0 Å². The van der Waals surface area contributed by atoms with Gasteiger partial charge in [0.25, 0.3) is 0 Å². The summed E-state index contributed by atoms with van der Waals surface area (Å²) in [7, 11) is 0. The Hall–Kier alpha value is -3.04. The van der Waals surface area contributed by atoms with Gasteiger partial charge in [0.15, 0.2) is 0 Å². The molecule has 2 rings (SSSR count). The molecule has 0 atom stereocenters. The Balaban J connectivity index is 2.00. The molecule has 2 aromatic rings. The molecule has 128 valence electrons. The quantitative estimate of drug-likeness (QED) is 0.763. The maximum atomic E-state index is 12.1. The van der Waals surface area contributed by atoms with Crippen LogP contribution < -0.4 is 16.0 Å². The predicted octanol–water partition coefficient (Wildman–Crippen LogP) is 3.53. The minimum atomic E-state index is -0.259. The SMILES string of the molecule is CC(=O)Nc1cccc(NCC(=O)Nc2ccc(C#N)c(Cl)c2)c1C. The van der Waals surface area contributed by atoms with Gasteiger partial charge in [-0.15, -0.1) is 0 Å². The van der Waals surface area contributed by atoms with E-state index in [1.54, 1.807) is 24.3 Å². The predicted molar refractivity (Wildman–Crippen MR) is 98.8 cm³/mol. The van der Waals surface area contributed by atoms with Crippen LogP contribution in [0.2, 0.25) is 5.02 Å². The van der Waals surface area contributed by atoms with Gasteiger partial charge in [-0.1, -0.05) is 17.7 Å². The molecule has 0 spiro atoms. The number of anilines is 3. The minimum Gasteiger partial charge on any atom is -0.376 e. The normalized spacial score (nSPS) is 9.84. The Kier molecular flexibility index (Phi) is 5.98. The number of nitrogens with one attached hydrogen (secondary N) is 3. The lowest BCUT2D eigenvalue weighted by Crippen LogP contribution is -2.22. The number of nitriles is 1. The van der Waals surface area contributed by atoms with Crippen molar-refractivity contribution in [3.05, 3.63) is 52.5 Å². The van der Waals surface area contributed by atoms with Crippen molar-refractivity contribution in [1.82, 2.24) is 0 Å². The van der Waals surface area contributed by atoms with E-state index in [0.29, 0.717) is 16.9 Å². The van der Waals surface area contributed by atoms with Gasteiger partial charge in [0, 0.05) is 24.0 Å². The second kappa shape index (κ2) is 8.18. The highest BCUT2D eigenvalue weighted by molar-refractivity contribution is 6.32. The molecule has 0 heterocycles. The zero-order chi connectivity index (χ0) is 18.4. The molecule has 0 aliphatic carbocycles. The molecule has 0 saturated heterocycles. The Morgan fingerprint density at radius 1 is 1.16 bits per heavy atom. The molecule has 6 nitrogen and oxygen atoms in total. The average molecular weight is 357 g/mol. The zero-order valence-electron chi connectivity index (χ0n) is 13.8.